The van der Waals surface area contributed by atoms with E-state index in [1.54, 1.807) is 6.08 Å². The van der Waals surface area contributed by atoms with E-state index in [9.17, 15) is 10.1 Å². The molecule has 4 aromatic rings. The molecule has 0 aliphatic carbocycles. The number of aryl methyl sites for hydroxylation is 2. The summed E-state index contributed by atoms with van der Waals surface area (Å²) in [5, 5.41) is 14.6. The highest BCUT2D eigenvalue weighted by molar-refractivity contribution is 6.09. The molecule has 4 rings (SSSR count). The number of hydrogen-bond donors (Lipinski definition) is 1. The lowest BCUT2D eigenvalue weighted by Gasteiger charge is -2.09. The van der Waals surface area contributed by atoms with Gasteiger partial charge in [-0.05, 0) is 77.2 Å². The third-order valence-electron chi connectivity index (χ3n) is 5.60. The van der Waals surface area contributed by atoms with E-state index in [2.05, 4.69) is 29.6 Å². The first-order valence-electron chi connectivity index (χ1n) is 10.7. The highest BCUT2D eigenvalue weighted by Crippen LogP contribution is 2.22. The summed E-state index contributed by atoms with van der Waals surface area (Å²) >= 11 is 0. The van der Waals surface area contributed by atoms with Crippen LogP contribution in [0.25, 0.3) is 16.8 Å². The molecule has 4 heteroatoms. The first-order valence-corrected chi connectivity index (χ1v) is 10.7. The average molecular weight is 433 g/mol. The summed E-state index contributed by atoms with van der Waals surface area (Å²) in [7, 11) is 0. The number of amides is 1. The predicted molar refractivity (Wildman–Crippen MR) is 133 cm³/mol. The van der Waals surface area contributed by atoms with Gasteiger partial charge in [-0.25, -0.2) is 0 Å². The Bertz CT molecular complexity index is 1370. The zero-order valence-electron chi connectivity index (χ0n) is 18.6. The monoisotopic (exact) mass is 432 g/mol. The Kier molecular flexibility index (Phi) is 6.52. The van der Waals surface area contributed by atoms with Crippen LogP contribution in [-0.4, -0.2) is 5.91 Å². The Morgan fingerprint density at radius 1 is 0.939 bits per heavy atom. The fourth-order valence-electron chi connectivity index (χ4n) is 3.57. The van der Waals surface area contributed by atoms with Crippen LogP contribution in [0.2, 0.25) is 0 Å². The van der Waals surface area contributed by atoms with Crippen molar-refractivity contribution >= 4 is 28.4 Å². The van der Waals surface area contributed by atoms with Crippen LogP contribution in [0.1, 0.15) is 22.3 Å². The molecule has 0 saturated heterocycles. The van der Waals surface area contributed by atoms with Gasteiger partial charge in [0, 0.05) is 5.69 Å². The fourth-order valence-corrected chi connectivity index (χ4v) is 3.57. The van der Waals surface area contributed by atoms with Crippen molar-refractivity contribution in [2.45, 2.75) is 20.5 Å². The van der Waals surface area contributed by atoms with E-state index in [0.29, 0.717) is 12.3 Å². The number of nitrogens with zero attached hydrogens (tertiary/aromatic N) is 1. The standard InChI is InChI=1S/C29H24N2O2/c1-20-10-13-26(16-21(20)2)31-29(32)25(18-30)17-22-11-14-27(15-12-22)33-19-24-8-5-7-23-6-3-4-9-28(23)24/h3-17H,19H2,1-2H3,(H,31,32)/b25-17+. The quantitative estimate of drug-likeness (QED) is 0.276. The van der Waals surface area contributed by atoms with Gasteiger partial charge >= 0.3 is 0 Å². The number of ether oxygens (including phenoxy) is 1. The van der Waals surface area contributed by atoms with E-state index in [-0.39, 0.29) is 5.57 Å². The SMILES string of the molecule is Cc1ccc(NC(=O)/C(C#N)=C/c2ccc(OCc3cccc4ccccc34)cc2)cc1C. The van der Waals surface area contributed by atoms with Crippen LogP contribution in [0.5, 0.6) is 5.75 Å². The maximum absolute atomic E-state index is 12.6. The minimum Gasteiger partial charge on any atom is -0.489 e. The molecule has 0 aromatic heterocycles. The zero-order chi connectivity index (χ0) is 23.2. The fraction of sp³-hybridized carbons (Fsp3) is 0.103. The topological polar surface area (TPSA) is 62.1 Å². The number of anilines is 1. The van der Waals surface area contributed by atoms with Crippen molar-refractivity contribution in [2.75, 3.05) is 5.32 Å². The number of fused-ring (bicyclic) bond motifs is 1. The van der Waals surface area contributed by atoms with Crippen LogP contribution < -0.4 is 10.1 Å². The molecule has 0 radical (unpaired) electrons. The zero-order valence-corrected chi connectivity index (χ0v) is 18.6. The number of rotatable bonds is 6. The maximum Gasteiger partial charge on any atom is 0.266 e. The summed E-state index contributed by atoms with van der Waals surface area (Å²) in [6.07, 6.45) is 1.57. The molecule has 0 aliphatic rings. The summed E-state index contributed by atoms with van der Waals surface area (Å²) in [5.74, 6) is 0.287. The molecule has 0 bridgehead atoms. The van der Waals surface area contributed by atoms with Gasteiger partial charge in [0.15, 0.2) is 0 Å². The largest absolute Gasteiger partial charge is 0.489 e. The molecule has 4 aromatic carbocycles. The van der Waals surface area contributed by atoms with Crippen molar-refractivity contribution in [1.29, 1.82) is 5.26 Å². The van der Waals surface area contributed by atoms with Crippen molar-refractivity contribution in [3.8, 4) is 11.8 Å². The van der Waals surface area contributed by atoms with Gasteiger partial charge < -0.3 is 10.1 Å². The number of carbonyl (C=O) groups excluding carboxylic acids is 1. The normalized spacial score (nSPS) is 11.1. The van der Waals surface area contributed by atoms with E-state index < -0.39 is 5.91 Å². The van der Waals surface area contributed by atoms with Crippen molar-refractivity contribution < 1.29 is 9.53 Å². The van der Waals surface area contributed by atoms with Gasteiger partial charge in [0.1, 0.15) is 24.0 Å². The summed E-state index contributed by atoms with van der Waals surface area (Å²) in [4.78, 5) is 12.6. The maximum atomic E-state index is 12.6. The van der Waals surface area contributed by atoms with E-state index >= 15 is 0 Å². The van der Waals surface area contributed by atoms with Gasteiger partial charge in [0.2, 0.25) is 0 Å². The first kappa shape index (κ1) is 21.9. The molecule has 4 nitrogen and oxygen atoms in total. The van der Waals surface area contributed by atoms with Crippen molar-refractivity contribution in [1.82, 2.24) is 0 Å². The Morgan fingerprint density at radius 3 is 2.45 bits per heavy atom. The van der Waals surface area contributed by atoms with Crippen LogP contribution in [0.3, 0.4) is 0 Å². The molecule has 0 spiro atoms. The summed E-state index contributed by atoms with van der Waals surface area (Å²) in [6, 6.07) is 29.4. The number of carbonyl (C=O) groups is 1. The molecule has 0 aliphatic heterocycles. The smallest absolute Gasteiger partial charge is 0.266 e. The molecule has 1 N–H and O–H groups in total. The first-order chi connectivity index (χ1) is 16.0. The molecule has 0 unspecified atom stereocenters. The van der Waals surface area contributed by atoms with Crippen molar-refractivity contribution in [3.63, 3.8) is 0 Å². The second kappa shape index (κ2) is 9.84. The lowest BCUT2D eigenvalue weighted by atomic mass is 10.1. The Labute approximate surface area is 193 Å². The van der Waals surface area contributed by atoms with Crippen LogP contribution >= 0.6 is 0 Å². The predicted octanol–water partition coefficient (Wildman–Crippen LogP) is 6.58. The third kappa shape index (κ3) is 5.28. The van der Waals surface area contributed by atoms with Crippen molar-refractivity contribution in [2.24, 2.45) is 0 Å². The second-order valence-corrected chi connectivity index (χ2v) is 7.92. The van der Waals surface area contributed by atoms with Crippen molar-refractivity contribution in [3.05, 3.63) is 113 Å². The average Bonchev–Trinajstić information content (AvgIpc) is 2.84. The Hall–Kier alpha value is -4.36. The van der Waals surface area contributed by atoms with Gasteiger partial charge in [0.05, 0.1) is 0 Å². The summed E-state index contributed by atoms with van der Waals surface area (Å²) in [5.41, 5.74) is 4.80. The number of benzene rings is 4. The summed E-state index contributed by atoms with van der Waals surface area (Å²) < 4.78 is 5.97. The van der Waals surface area contributed by atoms with E-state index in [1.807, 2.05) is 80.6 Å². The lowest BCUT2D eigenvalue weighted by molar-refractivity contribution is -0.112. The van der Waals surface area contributed by atoms with Gasteiger partial charge in [0.25, 0.3) is 5.91 Å². The molecule has 0 heterocycles. The molecule has 162 valence electrons. The molecular formula is C29H24N2O2. The molecule has 1 amide bonds. The van der Waals surface area contributed by atoms with Crippen LogP contribution in [0, 0.1) is 25.2 Å². The third-order valence-corrected chi connectivity index (χ3v) is 5.60. The highest BCUT2D eigenvalue weighted by atomic mass is 16.5. The van der Waals surface area contributed by atoms with Gasteiger partial charge in [-0.1, -0.05) is 60.7 Å². The lowest BCUT2D eigenvalue weighted by Crippen LogP contribution is -2.13. The van der Waals surface area contributed by atoms with Crippen LogP contribution in [0.4, 0.5) is 5.69 Å². The Balaban J connectivity index is 1.43. The minimum atomic E-state index is -0.433. The Morgan fingerprint density at radius 2 is 1.70 bits per heavy atom. The highest BCUT2D eigenvalue weighted by Gasteiger charge is 2.10. The molecular weight excluding hydrogens is 408 g/mol. The van der Waals surface area contributed by atoms with Gasteiger partial charge in [-0.15, -0.1) is 0 Å². The van der Waals surface area contributed by atoms with Crippen LogP contribution in [0.15, 0.2) is 90.5 Å². The van der Waals surface area contributed by atoms with E-state index in [0.717, 1.165) is 28.0 Å². The summed E-state index contributed by atoms with van der Waals surface area (Å²) in [6.45, 7) is 4.45. The van der Waals surface area contributed by atoms with Gasteiger partial charge in [-0.2, -0.15) is 5.26 Å². The van der Waals surface area contributed by atoms with Gasteiger partial charge in [-0.3, -0.25) is 4.79 Å². The number of nitrogens with one attached hydrogen (secondary N) is 1. The molecule has 0 saturated carbocycles. The number of hydrogen-bond acceptors (Lipinski definition) is 3. The van der Waals surface area contributed by atoms with E-state index in [1.165, 1.54) is 10.8 Å². The molecule has 0 atom stereocenters. The molecule has 33 heavy (non-hydrogen) atoms. The van der Waals surface area contributed by atoms with E-state index in [4.69, 9.17) is 4.74 Å². The second-order valence-electron chi connectivity index (χ2n) is 7.92. The number of nitriles is 1. The minimum absolute atomic E-state index is 0.0395. The van der Waals surface area contributed by atoms with Crippen LogP contribution in [-0.2, 0) is 11.4 Å². The molecule has 0 fully saturated rings.